The first-order valence-corrected chi connectivity index (χ1v) is 9.62. The minimum absolute atomic E-state index is 0.132. The fourth-order valence-electron chi connectivity index (χ4n) is 2.57. The topological polar surface area (TPSA) is 71.7 Å². The van der Waals surface area contributed by atoms with E-state index < -0.39 is 0 Å². The lowest BCUT2D eigenvalue weighted by Crippen LogP contribution is -2.40. The first-order chi connectivity index (χ1) is 12.5. The molecule has 0 unspecified atom stereocenters. The van der Waals surface area contributed by atoms with Crippen LogP contribution in [0.4, 0.5) is 0 Å². The predicted octanol–water partition coefficient (Wildman–Crippen LogP) is 2.42. The number of carbonyl (C=O) groups is 1. The van der Waals surface area contributed by atoms with E-state index in [1.807, 2.05) is 32.0 Å². The Labute approximate surface area is 159 Å². The fraction of sp³-hybridized carbons (Fsp3) is 0.474. The van der Waals surface area contributed by atoms with Gasteiger partial charge in [0.25, 0.3) is 0 Å². The molecule has 26 heavy (non-hydrogen) atoms. The van der Waals surface area contributed by atoms with Crippen LogP contribution in [0, 0.1) is 0 Å². The largest absolute Gasteiger partial charge is 0.475 e. The molecular weight excluding hydrogens is 348 g/mol. The van der Waals surface area contributed by atoms with Crippen molar-refractivity contribution in [3.8, 4) is 5.88 Å². The van der Waals surface area contributed by atoms with E-state index in [1.165, 1.54) is 10.3 Å². The van der Waals surface area contributed by atoms with Gasteiger partial charge in [0, 0.05) is 54.6 Å². The van der Waals surface area contributed by atoms with Gasteiger partial charge in [0.05, 0.1) is 6.10 Å². The summed E-state index contributed by atoms with van der Waals surface area (Å²) < 4.78 is 8.29. The molecule has 0 amide bonds. The van der Waals surface area contributed by atoms with Crippen LogP contribution in [0.2, 0.25) is 0 Å². The third kappa shape index (κ3) is 5.95. The smallest absolute Gasteiger partial charge is 0.221 e. The van der Waals surface area contributed by atoms with Crippen LogP contribution in [-0.4, -0.2) is 66.4 Å². The van der Waals surface area contributed by atoms with Gasteiger partial charge in [0.1, 0.15) is 6.29 Å². The summed E-state index contributed by atoms with van der Waals surface area (Å²) in [5.41, 5.74) is 4.66. The van der Waals surface area contributed by atoms with Gasteiger partial charge in [-0.25, -0.2) is 9.29 Å². The summed E-state index contributed by atoms with van der Waals surface area (Å²) in [6.45, 7) is 8.64. The standard InChI is InChI=1S/C17H23N3OS.C2H5NO/c1-13(2)21-17-15-5-4-6-16(14(15)7-8-18-17)22-20-11-9-19(3)10-12-20;3-1-2-4/h4-8,13H,9-12H2,1-3H3;2H,1,3H2. The Morgan fingerprint density at radius 1 is 1.23 bits per heavy atom. The molecule has 1 aliphatic rings. The Morgan fingerprint density at radius 3 is 2.54 bits per heavy atom. The van der Waals surface area contributed by atoms with E-state index in [0.29, 0.717) is 6.29 Å². The zero-order valence-electron chi connectivity index (χ0n) is 15.7. The average molecular weight is 377 g/mol. The maximum Gasteiger partial charge on any atom is 0.221 e. The molecular formula is C19H28N4O2S. The van der Waals surface area contributed by atoms with E-state index in [-0.39, 0.29) is 12.6 Å². The third-order valence-electron chi connectivity index (χ3n) is 3.86. The first-order valence-electron chi connectivity index (χ1n) is 8.84. The van der Waals surface area contributed by atoms with Gasteiger partial charge in [0.2, 0.25) is 5.88 Å². The van der Waals surface area contributed by atoms with E-state index >= 15 is 0 Å². The second-order valence-corrected chi connectivity index (χ2v) is 7.50. The number of nitrogens with zero attached hydrogens (tertiary/aromatic N) is 3. The molecule has 1 aromatic carbocycles. The second kappa shape index (κ2) is 10.5. The zero-order valence-corrected chi connectivity index (χ0v) is 16.5. The van der Waals surface area contributed by atoms with E-state index in [4.69, 9.17) is 9.53 Å². The van der Waals surface area contributed by atoms with Crippen molar-refractivity contribution in [3.63, 3.8) is 0 Å². The summed E-state index contributed by atoms with van der Waals surface area (Å²) in [6.07, 6.45) is 2.63. The molecule has 3 rings (SSSR count). The van der Waals surface area contributed by atoms with Crippen LogP contribution in [0.1, 0.15) is 13.8 Å². The highest BCUT2D eigenvalue weighted by Crippen LogP contribution is 2.34. The Hall–Kier alpha value is -1.67. The van der Waals surface area contributed by atoms with Crippen LogP contribution in [0.25, 0.3) is 10.8 Å². The van der Waals surface area contributed by atoms with Crippen LogP contribution in [-0.2, 0) is 4.79 Å². The van der Waals surface area contributed by atoms with Crippen molar-refractivity contribution < 1.29 is 9.53 Å². The lowest BCUT2D eigenvalue weighted by molar-refractivity contribution is -0.106. The van der Waals surface area contributed by atoms with Crippen molar-refractivity contribution in [1.29, 1.82) is 0 Å². The molecule has 0 bridgehead atoms. The molecule has 0 aliphatic carbocycles. The van der Waals surface area contributed by atoms with Crippen molar-refractivity contribution in [2.24, 2.45) is 5.73 Å². The number of benzene rings is 1. The molecule has 0 saturated carbocycles. The minimum atomic E-state index is 0.132. The number of piperazine rings is 1. The fourth-order valence-corrected chi connectivity index (χ4v) is 3.61. The Balaban J connectivity index is 0.000000552. The maximum atomic E-state index is 9.05. The van der Waals surface area contributed by atoms with Crippen molar-refractivity contribution in [2.45, 2.75) is 24.8 Å². The monoisotopic (exact) mass is 376 g/mol. The highest BCUT2D eigenvalue weighted by molar-refractivity contribution is 7.97. The summed E-state index contributed by atoms with van der Waals surface area (Å²) in [5.74, 6) is 0.730. The number of hydrogen-bond donors (Lipinski definition) is 1. The summed E-state index contributed by atoms with van der Waals surface area (Å²) in [6, 6.07) is 8.45. The first kappa shape index (κ1) is 20.6. The summed E-state index contributed by atoms with van der Waals surface area (Å²) in [7, 11) is 2.18. The van der Waals surface area contributed by atoms with E-state index in [1.54, 1.807) is 0 Å². The summed E-state index contributed by atoms with van der Waals surface area (Å²) in [4.78, 5) is 17.1. The van der Waals surface area contributed by atoms with Gasteiger partial charge < -0.3 is 20.2 Å². The van der Waals surface area contributed by atoms with Gasteiger partial charge in [-0.1, -0.05) is 6.07 Å². The van der Waals surface area contributed by atoms with Gasteiger partial charge in [-0.15, -0.1) is 0 Å². The van der Waals surface area contributed by atoms with Crippen LogP contribution in [0.3, 0.4) is 0 Å². The molecule has 1 aromatic heterocycles. The number of fused-ring (bicyclic) bond motifs is 1. The molecule has 7 heteroatoms. The number of likely N-dealkylation sites (N-methyl/N-ethyl adjacent to an activating group) is 1. The van der Waals surface area contributed by atoms with E-state index in [2.05, 4.69) is 51.2 Å². The lowest BCUT2D eigenvalue weighted by atomic mass is 10.2. The highest BCUT2D eigenvalue weighted by Gasteiger charge is 2.16. The molecule has 0 spiro atoms. The molecule has 6 nitrogen and oxygen atoms in total. The second-order valence-electron chi connectivity index (χ2n) is 6.36. The molecule has 2 heterocycles. The Kier molecular flexibility index (Phi) is 8.31. The van der Waals surface area contributed by atoms with Crippen LogP contribution in [0.15, 0.2) is 35.4 Å². The van der Waals surface area contributed by atoms with Crippen molar-refractivity contribution in [3.05, 3.63) is 30.5 Å². The van der Waals surface area contributed by atoms with Crippen LogP contribution in [0.5, 0.6) is 5.88 Å². The Morgan fingerprint density at radius 2 is 1.92 bits per heavy atom. The molecule has 2 aromatic rings. The predicted molar refractivity (Wildman–Crippen MR) is 108 cm³/mol. The number of carbonyl (C=O) groups excluding carboxylic acids is 1. The lowest BCUT2D eigenvalue weighted by Gasteiger charge is -2.31. The number of ether oxygens (including phenoxy) is 1. The van der Waals surface area contributed by atoms with Crippen molar-refractivity contribution in [1.82, 2.24) is 14.2 Å². The van der Waals surface area contributed by atoms with Gasteiger partial charge in [-0.3, -0.25) is 0 Å². The molecule has 1 saturated heterocycles. The number of pyridine rings is 1. The zero-order chi connectivity index (χ0) is 18.9. The van der Waals surface area contributed by atoms with E-state index in [0.717, 1.165) is 37.4 Å². The maximum absolute atomic E-state index is 9.05. The Bertz CT molecular complexity index is 703. The number of aromatic nitrogens is 1. The van der Waals surface area contributed by atoms with Crippen LogP contribution >= 0.6 is 11.9 Å². The highest BCUT2D eigenvalue weighted by atomic mass is 32.2. The average Bonchev–Trinajstić information content (AvgIpc) is 2.64. The molecule has 1 fully saturated rings. The SMILES string of the molecule is CC(C)Oc1nccc2c(SN3CCN(C)CC3)cccc12.NCC=O. The number of nitrogens with two attached hydrogens (primary N) is 1. The quantitative estimate of drug-likeness (QED) is 0.635. The van der Waals surface area contributed by atoms with Gasteiger partial charge in [0.15, 0.2) is 0 Å². The van der Waals surface area contributed by atoms with E-state index in [9.17, 15) is 0 Å². The molecule has 0 radical (unpaired) electrons. The normalized spacial score (nSPS) is 15.6. The van der Waals surface area contributed by atoms with Crippen LogP contribution < -0.4 is 10.5 Å². The number of hydrogen-bond acceptors (Lipinski definition) is 7. The van der Waals surface area contributed by atoms with Gasteiger partial charge in [-0.2, -0.15) is 0 Å². The third-order valence-corrected chi connectivity index (χ3v) is 5.04. The number of aldehydes is 1. The molecule has 0 atom stereocenters. The van der Waals surface area contributed by atoms with Crippen molar-refractivity contribution in [2.75, 3.05) is 39.8 Å². The van der Waals surface area contributed by atoms with Gasteiger partial charge >= 0.3 is 0 Å². The summed E-state index contributed by atoms with van der Waals surface area (Å²) >= 11 is 1.85. The van der Waals surface area contributed by atoms with Gasteiger partial charge in [-0.05, 0) is 51.0 Å². The van der Waals surface area contributed by atoms with Crippen molar-refractivity contribution >= 4 is 29.0 Å². The summed E-state index contributed by atoms with van der Waals surface area (Å²) in [5, 5.41) is 2.31. The molecule has 142 valence electrons. The molecule has 1 aliphatic heterocycles. The minimum Gasteiger partial charge on any atom is -0.475 e. The number of rotatable bonds is 5. The molecule has 2 N–H and O–H groups in total.